The van der Waals surface area contributed by atoms with Gasteiger partial charge in [-0.05, 0) is 36.4 Å². The lowest BCUT2D eigenvalue weighted by molar-refractivity contribution is 0.417. The largest absolute Gasteiger partial charge is 0.495 e. The number of sulfonamides is 1. The Morgan fingerprint density at radius 2 is 1.95 bits per heavy atom. The summed E-state index contributed by atoms with van der Waals surface area (Å²) < 4.78 is 45.5. The number of hydrogen-bond donors (Lipinski definition) is 2. The number of rotatable bonds is 4. The predicted octanol–water partition coefficient (Wildman–Crippen LogP) is 2.87. The fourth-order valence-corrected chi connectivity index (χ4v) is 2.98. The topological polar surface area (TPSA) is 81.4 Å². The summed E-state index contributed by atoms with van der Waals surface area (Å²) in [6.07, 6.45) is 0. The minimum Gasteiger partial charge on any atom is -0.495 e. The van der Waals surface area contributed by atoms with E-state index < -0.39 is 20.7 Å². The first-order valence-electron chi connectivity index (χ1n) is 5.75. The molecule has 0 bridgehead atoms. The van der Waals surface area contributed by atoms with Crippen molar-refractivity contribution in [2.45, 2.75) is 4.90 Å². The van der Waals surface area contributed by atoms with E-state index in [0.717, 1.165) is 12.1 Å². The monoisotopic (exact) mass is 330 g/mol. The van der Waals surface area contributed by atoms with Gasteiger partial charge in [-0.25, -0.2) is 12.8 Å². The van der Waals surface area contributed by atoms with Crippen LogP contribution in [0.15, 0.2) is 41.3 Å². The molecule has 0 radical (unpaired) electrons. The average molecular weight is 331 g/mol. The highest BCUT2D eigenvalue weighted by Gasteiger charge is 2.21. The highest BCUT2D eigenvalue weighted by molar-refractivity contribution is 7.92. The first-order chi connectivity index (χ1) is 9.83. The highest BCUT2D eigenvalue weighted by Crippen LogP contribution is 2.29. The molecule has 0 unspecified atom stereocenters. The number of ether oxygens (including phenoxy) is 1. The van der Waals surface area contributed by atoms with Gasteiger partial charge < -0.3 is 10.5 Å². The molecule has 0 spiro atoms. The Labute approximate surface area is 126 Å². The molecule has 0 aliphatic heterocycles. The summed E-state index contributed by atoms with van der Waals surface area (Å²) in [5, 5.41) is 0.105. The molecule has 8 heteroatoms. The van der Waals surface area contributed by atoms with Crippen LogP contribution in [0.2, 0.25) is 5.02 Å². The van der Waals surface area contributed by atoms with Crippen LogP contribution in [-0.4, -0.2) is 15.5 Å². The molecule has 0 atom stereocenters. The van der Waals surface area contributed by atoms with Gasteiger partial charge in [0.1, 0.15) is 16.5 Å². The maximum atomic E-state index is 13.8. The predicted molar refractivity (Wildman–Crippen MR) is 79.6 cm³/mol. The van der Waals surface area contributed by atoms with E-state index in [2.05, 4.69) is 4.72 Å². The second kappa shape index (κ2) is 5.79. The molecule has 0 fully saturated rings. The van der Waals surface area contributed by atoms with Crippen LogP contribution >= 0.6 is 11.6 Å². The Morgan fingerprint density at radius 1 is 1.24 bits per heavy atom. The van der Waals surface area contributed by atoms with Crippen molar-refractivity contribution < 1.29 is 17.5 Å². The van der Waals surface area contributed by atoms with Gasteiger partial charge in [0, 0.05) is 10.7 Å². The summed E-state index contributed by atoms with van der Waals surface area (Å²) in [7, 11) is -2.75. The Bertz CT molecular complexity index is 781. The van der Waals surface area contributed by atoms with Crippen molar-refractivity contribution in [2.75, 3.05) is 17.6 Å². The van der Waals surface area contributed by atoms with Gasteiger partial charge in [-0.3, -0.25) is 4.72 Å². The summed E-state index contributed by atoms with van der Waals surface area (Å²) in [5.41, 5.74) is 6.06. The Hall–Kier alpha value is -1.99. The van der Waals surface area contributed by atoms with Crippen LogP contribution in [0.4, 0.5) is 15.8 Å². The molecule has 5 nitrogen and oxygen atoms in total. The van der Waals surface area contributed by atoms with Gasteiger partial charge in [0.25, 0.3) is 10.0 Å². The van der Waals surface area contributed by atoms with Gasteiger partial charge >= 0.3 is 0 Å². The quantitative estimate of drug-likeness (QED) is 0.845. The van der Waals surface area contributed by atoms with Crippen molar-refractivity contribution in [3.63, 3.8) is 0 Å². The Kier molecular flexibility index (Phi) is 4.24. The van der Waals surface area contributed by atoms with Crippen LogP contribution in [0, 0.1) is 5.82 Å². The summed E-state index contributed by atoms with van der Waals surface area (Å²) in [6.45, 7) is 0. The molecular formula is C13H12ClFN2O3S. The summed E-state index contributed by atoms with van der Waals surface area (Å²) >= 11 is 5.60. The first kappa shape index (κ1) is 15.4. The Balaban J connectivity index is 2.44. The van der Waals surface area contributed by atoms with Crippen LogP contribution < -0.4 is 15.2 Å². The first-order valence-corrected chi connectivity index (χ1v) is 7.61. The van der Waals surface area contributed by atoms with E-state index in [4.69, 9.17) is 22.1 Å². The average Bonchev–Trinajstić information content (AvgIpc) is 2.37. The van der Waals surface area contributed by atoms with Crippen molar-refractivity contribution in [3.8, 4) is 5.75 Å². The van der Waals surface area contributed by atoms with Crippen LogP contribution in [0.3, 0.4) is 0 Å². The van der Waals surface area contributed by atoms with Crippen LogP contribution in [-0.2, 0) is 10.0 Å². The molecule has 0 aliphatic carbocycles. The maximum Gasteiger partial charge on any atom is 0.264 e. The molecule has 0 aromatic heterocycles. The third-order valence-corrected chi connectivity index (χ3v) is 4.29. The van der Waals surface area contributed by atoms with Crippen molar-refractivity contribution in [1.29, 1.82) is 0 Å². The number of nitrogens with one attached hydrogen (secondary N) is 1. The smallest absolute Gasteiger partial charge is 0.264 e. The number of anilines is 2. The van der Waals surface area contributed by atoms with Gasteiger partial charge in [0.15, 0.2) is 0 Å². The molecule has 0 saturated carbocycles. The summed E-state index contributed by atoms with van der Waals surface area (Å²) in [6, 6.07) is 7.73. The molecule has 0 heterocycles. The third kappa shape index (κ3) is 3.37. The van der Waals surface area contributed by atoms with Gasteiger partial charge in [0.05, 0.1) is 12.8 Å². The number of halogens is 2. The molecule has 2 aromatic rings. The van der Waals surface area contributed by atoms with Gasteiger partial charge in [-0.2, -0.15) is 0 Å². The van der Waals surface area contributed by atoms with E-state index in [1.807, 2.05) is 0 Å². The molecule has 2 rings (SSSR count). The van der Waals surface area contributed by atoms with Crippen molar-refractivity contribution >= 4 is 33.0 Å². The Morgan fingerprint density at radius 3 is 2.57 bits per heavy atom. The van der Waals surface area contributed by atoms with Crippen LogP contribution in [0.25, 0.3) is 0 Å². The minimum absolute atomic E-state index is 0.105. The molecule has 2 aromatic carbocycles. The van der Waals surface area contributed by atoms with E-state index >= 15 is 0 Å². The number of hydrogen-bond acceptors (Lipinski definition) is 4. The molecule has 112 valence electrons. The third-order valence-electron chi connectivity index (χ3n) is 2.65. The lowest BCUT2D eigenvalue weighted by Crippen LogP contribution is -2.15. The van der Waals surface area contributed by atoms with E-state index in [1.54, 1.807) is 6.07 Å². The summed E-state index contributed by atoms with van der Waals surface area (Å²) in [5.74, 6) is -0.681. The van der Waals surface area contributed by atoms with Crippen molar-refractivity contribution in [2.24, 2.45) is 0 Å². The number of nitrogen functional groups attached to an aromatic ring is 1. The zero-order chi connectivity index (χ0) is 15.6. The molecule has 0 saturated heterocycles. The molecule has 0 aliphatic rings. The van der Waals surface area contributed by atoms with Crippen molar-refractivity contribution in [1.82, 2.24) is 0 Å². The van der Waals surface area contributed by atoms with Gasteiger partial charge in [0.2, 0.25) is 0 Å². The SMILES string of the molecule is COc1ccc(N)cc1NS(=O)(=O)c1ccc(Cl)cc1F. The fraction of sp³-hybridized carbons (Fsp3) is 0.0769. The number of benzene rings is 2. The highest BCUT2D eigenvalue weighted by atomic mass is 35.5. The lowest BCUT2D eigenvalue weighted by atomic mass is 10.2. The van der Waals surface area contributed by atoms with Crippen LogP contribution in [0.5, 0.6) is 5.75 Å². The molecule has 3 N–H and O–H groups in total. The second-order valence-electron chi connectivity index (χ2n) is 4.14. The fourth-order valence-electron chi connectivity index (χ4n) is 1.70. The van der Waals surface area contributed by atoms with E-state index in [-0.39, 0.29) is 16.5 Å². The lowest BCUT2D eigenvalue weighted by Gasteiger charge is -2.13. The van der Waals surface area contributed by atoms with E-state index in [1.165, 1.54) is 25.3 Å². The summed E-state index contributed by atoms with van der Waals surface area (Å²) in [4.78, 5) is -0.517. The second-order valence-corrected chi connectivity index (χ2v) is 6.23. The maximum absolute atomic E-state index is 13.8. The normalized spacial score (nSPS) is 11.2. The van der Waals surface area contributed by atoms with Gasteiger partial charge in [-0.15, -0.1) is 0 Å². The molecule has 0 amide bonds. The molecular weight excluding hydrogens is 319 g/mol. The zero-order valence-electron chi connectivity index (χ0n) is 10.9. The van der Waals surface area contributed by atoms with Gasteiger partial charge in [-0.1, -0.05) is 11.6 Å². The number of nitrogens with two attached hydrogens (primary N) is 1. The number of methoxy groups -OCH3 is 1. The van der Waals surface area contributed by atoms with E-state index in [9.17, 15) is 12.8 Å². The minimum atomic E-state index is -4.13. The standard InChI is InChI=1S/C13H12ClFN2O3S/c1-20-12-4-3-9(16)7-11(12)17-21(18,19)13-5-2-8(14)6-10(13)15/h2-7,17H,16H2,1H3. The zero-order valence-corrected chi connectivity index (χ0v) is 12.5. The van der Waals surface area contributed by atoms with E-state index in [0.29, 0.717) is 5.69 Å². The van der Waals surface area contributed by atoms with Crippen LogP contribution in [0.1, 0.15) is 0 Å². The molecule has 21 heavy (non-hydrogen) atoms. The van der Waals surface area contributed by atoms with Crippen molar-refractivity contribution in [3.05, 3.63) is 47.2 Å².